The van der Waals surface area contributed by atoms with E-state index in [1.54, 1.807) is 25.7 Å². The molecule has 136 valence electrons. The number of benzene rings is 1. The highest BCUT2D eigenvalue weighted by atomic mass is 16.6. The first-order valence-corrected chi connectivity index (χ1v) is 8.31. The second kappa shape index (κ2) is 8.00. The Morgan fingerprint density at radius 3 is 2.56 bits per heavy atom. The molecular formula is C18H25N3O4. The van der Waals surface area contributed by atoms with Gasteiger partial charge in [0, 0.05) is 19.5 Å². The van der Waals surface area contributed by atoms with Crippen molar-refractivity contribution in [2.24, 2.45) is 0 Å². The van der Waals surface area contributed by atoms with Crippen molar-refractivity contribution in [3.63, 3.8) is 0 Å². The van der Waals surface area contributed by atoms with Crippen LogP contribution < -0.4 is 10.6 Å². The van der Waals surface area contributed by atoms with Crippen molar-refractivity contribution in [3.05, 3.63) is 35.9 Å². The van der Waals surface area contributed by atoms with Crippen LogP contribution in [0.3, 0.4) is 0 Å². The lowest BCUT2D eigenvalue weighted by Gasteiger charge is -2.20. The number of hydrogen-bond donors (Lipinski definition) is 2. The number of rotatable bonds is 5. The first kappa shape index (κ1) is 18.8. The lowest BCUT2D eigenvalue weighted by Crippen LogP contribution is -2.44. The third kappa shape index (κ3) is 6.45. The monoisotopic (exact) mass is 347 g/mol. The molecule has 1 aliphatic heterocycles. The van der Waals surface area contributed by atoms with Crippen LogP contribution in [0.4, 0.5) is 4.79 Å². The second-order valence-electron chi connectivity index (χ2n) is 7.08. The predicted molar refractivity (Wildman–Crippen MR) is 92.6 cm³/mol. The Labute approximate surface area is 147 Å². The highest BCUT2D eigenvalue weighted by molar-refractivity contribution is 5.84. The Bertz CT molecular complexity index is 625. The molecule has 1 aromatic rings. The van der Waals surface area contributed by atoms with E-state index in [1.807, 2.05) is 30.3 Å². The van der Waals surface area contributed by atoms with Crippen LogP contribution in [0.25, 0.3) is 0 Å². The van der Waals surface area contributed by atoms with Crippen molar-refractivity contribution in [2.75, 3.05) is 13.1 Å². The number of alkyl carbamates (subject to hydrolysis) is 1. The summed E-state index contributed by atoms with van der Waals surface area (Å²) in [6.07, 6.45) is -0.374. The van der Waals surface area contributed by atoms with Gasteiger partial charge in [0.05, 0.1) is 6.04 Å². The Hall–Kier alpha value is -2.57. The summed E-state index contributed by atoms with van der Waals surface area (Å²) < 4.78 is 5.07. The number of carbonyl (C=O) groups is 3. The first-order valence-electron chi connectivity index (χ1n) is 8.31. The largest absolute Gasteiger partial charge is 0.444 e. The van der Waals surface area contributed by atoms with Crippen molar-refractivity contribution in [1.29, 1.82) is 0 Å². The maximum atomic E-state index is 12.1. The van der Waals surface area contributed by atoms with E-state index in [2.05, 4.69) is 10.6 Å². The fourth-order valence-electron chi connectivity index (χ4n) is 2.57. The summed E-state index contributed by atoms with van der Waals surface area (Å²) in [5.74, 6) is -0.334. The van der Waals surface area contributed by atoms with Crippen molar-refractivity contribution < 1.29 is 19.1 Å². The minimum Gasteiger partial charge on any atom is -0.444 e. The van der Waals surface area contributed by atoms with Gasteiger partial charge in [0.15, 0.2) is 0 Å². The molecule has 7 nitrogen and oxygen atoms in total. The van der Waals surface area contributed by atoms with Gasteiger partial charge in [-0.2, -0.15) is 0 Å². The lowest BCUT2D eigenvalue weighted by atomic mass is 10.2. The van der Waals surface area contributed by atoms with Crippen LogP contribution >= 0.6 is 0 Å². The van der Waals surface area contributed by atoms with Crippen LogP contribution in [-0.4, -0.2) is 47.5 Å². The second-order valence-corrected chi connectivity index (χ2v) is 7.08. The molecule has 0 bridgehead atoms. The average Bonchev–Trinajstić information content (AvgIpc) is 2.84. The summed E-state index contributed by atoms with van der Waals surface area (Å²) in [7, 11) is 0. The van der Waals surface area contributed by atoms with E-state index in [4.69, 9.17) is 4.74 Å². The Kier molecular flexibility index (Phi) is 6.01. The number of ether oxygens (including phenoxy) is 1. The molecule has 1 aromatic carbocycles. The Morgan fingerprint density at radius 1 is 1.24 bits per heavy atom. The summed E-state index contributed by atoms with van der Waals surface area (Å²) in [5, 5.41) is 5.17. The molecule has 1 fully saturated rings. The fraction of sp³-hybridized carbons (Fsp3) is 0.500. The SMILES string of the molecule is CC(C)(C)OC(=O)NCC(=O)N[C@@H]1CC(=O)N(Cc2ccccc2)C1. The molecule has 0 radical (unpaired) electrons. The van der Waals surface area contributed by atoms with E-state index >= 15 is 0 Å². The van der Waals surface area contributed by atoms with E-state index in [1.165, 1.54) is 0 Å². The van der Waals surface area contributed by atoms with Gasteiger partial charge in [0.25, 0.3) is 0 Å². The van der Waals surface area contributed by atoms with Gasteiger partial charge in [-0.1, -0.05) is 30.3 Å². The zero-order valence-corrected chi connectivity index (χ0v) is 14.9. The first-order chi connectivity index (χ1) is 11.7. The van der Waals surface area contributed by atoms with Crippen LogP contribution in [0.1, 0.15) is 32.8 Å². The van der Waals surface area contributed by atoms with Gasteiger partial charge in [-0.3, -0.25) is 9.59 Å². The minimum atomic E-state index is -0.643. The molecule has 1 heterocycles. The maximum Gasteiger partial charge on any atom is 0.408 e. The van der Waals surface area contributed by atoms with Gasteiger partial charge in [0.1, 0.15) is 12.1 Å². The number of amides is 3. The number of nitrogens with zero attached hydrogens (tertiary/aromatic N) is 1. The van der Waals surface area contributed by atoms with Crippen LogP contribution in [0.15, 0.2) is 30.3 Å². The molecule has 2 N–H and O–H groups in total. The van der Waals surface area contributed by atoms with Crippen molar-refractivity contribution in [1.82, 2.24) is 15.5 Å². The zero-order valence-electron chi connectivity index (χ0n) is 14.9. The quantitative estimate of drug-likeness (QED) is 0.843. The van der Waals surface area contributed by atoms with Gasteiger partial charge in [-0.15, -0.1) is 0 Å². The summed E-state index contributed by atoms with van der Waals surface area (Å²) in [4.78, 5) is 37.3. The van der Waals surface area contributed by atoms with Crippen LogP contribution in [-0.2, 0) is 20.9 Å². The van der Waals surface area contributed by atoms with Gasteiger partial charge in [-0.25, -0.2) is 4.79 Å². The standard InChI is InChI=1S/C18H25N3O4/c1-18(2,3)25-17(24)19-10-15(22)20-14-9-16(23)21(12-14)11-13-7-5-4-6-8-13/h4-8,14H,9-12H2,1-3H3,(H,19,24)(H,20,22)/t14-/m1/s1. The van der Waals surface area contributed by atoms with Crippen molar-refractivity contribution >= 4 is 17.9 Å². The molecule has 25 heavy (non-hydrogen) atoms. The van der Waals surface area contributed by atoms with E-state index in [0.29, 0.717) is 13.1 Å². The van der Waals surface area contributed by atoms with Gasteiger partial charge in [0.2, 0.25) is 11.8 Å². The summed E-state index contributed by atoms with van der Waals surface area (Å²) >= 11 is 0. The van der Waals surface area contributed by atoms with Crippen molar-refractivity contribution in [2.45, 2.75) is 45.4 Å². The molecule has 0 aromatic heterocycles. The number of nitrogens with one attached hydrogen (secondary N) is 2. The van der Waals surface area contributed by atoms with E-state index in [9.17, 15) is 14.4 Å². The summed E-state index contributed by atoms with van der Waals surface area (Å²) in [6.45, 7) is 6.06. The highest BCUT2D eigenvalue weighted by Crippen LogP contribution is 2.15. The zero-order chi connectivity index (χ0) is 18.4. The smallest absolute Gasteiger partial charge is 0.408 e. The summed E-state index contributed by atoms with van der Waals surface area (Å²) in [6, 6.07) is 9.46. The molecule has 2 rings (SSSR count). The average molecular weight is 347 g/mol. The van der Waals surface area contributed by atoms with Crippen molar-refractivity contribution in [3.8, 4) is 0 Å². The molecule has 1 atom stereocenters. The highest BCUT2D eigenvalue weighted by Gasteiger charge is 2.30. The molecule has 1 aliphatic rings. The summed E-state index contributed by atoms with van der Waals surface area (Å²) in [5.41, 5.74) is 0.436. The number of likely N-dealkylation sites (tertiary alicyclic amines) is 1. The lowest BCUT2D eigenvalue weighted by molar-refractivity contribution is -0.128. The maximum absolute atomic E-state index is 12.1. The van der Waals surface area contributed by atoms with Crippen LogP contribution in [0.5, 0.6) is 0 Å². The number of hydrogen-bond acceptors (Lipinski definition) is 4. The topological polar surface area (TPSA) is 87.7 Å². The predicted octanol–water partition coefficient (Wildman–Crippen LogP) is 1.43. The van der Waals surface area contributed by atoms with Crippen LogP contribution in [0.2, 0.25) is 0 Å². The molecule has 3 amide bonds. The molecular weight excluding hydrogens is 322 g/mol. The van der Waals surface area contributed by atoms with E-state index < -0.39 is 11.7 Å². The third-order valence-corrected chi connectivity index (χ3v) is 3.59. The Balaban J connectivity index is 1.75. The third-order valence-electron chi connectivity index (χ3n) is 3.59. The normalized spacial score (nSPS) is 17.3. The van der Waals surface area contributed by atoms with E-state index in [0.717, 1.165) is 5.56 Å². The van der Waals surface area contributed by atoms with Gasteiger partial charge in [-0.05, 0) is 26.3 Å². The molecule has 0 aliphatic carbocycles. The molecule has 1 saturated heterocycles. The fourth-order valence-corrected chi connectivity index (χ4v) is 2.57. The number of carbonyl (C=O) groups excluding carboxylic acids is 3. The minimum absolute atomic E-state index is 0.00857. The van der Waals surface area contributed by atoms with E-state index in [-0.39, 0.29) is 30.8 Å². The molecule has 7 heteroatoms. The van der Waals surface area contributed by atoms with Crippen LogP contribution in [0, 0.1) is 0 Å². The molecule has 0 spiro atoms. The van der Waals surface area contributed by atoms with Gasteiger partial charge >= 0.3 is 6.09 Å². The Morgan fingerprint density at radius 2 is 1.92 bits per heavy atom. The van der Waals surface area contributed by atoms with Gasteiger partial charge < -0.3 is 20.3 Å². The molecule has 0 unspecified atom stereocenters. The molecule has 0 saturated carbocycles.